The van der Waals surface area contributed by atoms with Gasteiger partial charge in [-0.15, -0.1) is 0 Å². The Bertz CT molecular complexity index is 396. The lowest BCUT2D eigenvalue weighted by Gasteiger charge is -2.25. The Morgan fingerprint density at radius 1 is 1.19 bits per heavy atom. The molecule has 0 unspecified atom stereocenters. The zero-order chi connectivity index (χ0) is 15.5. The number of hydrogen-bond donors (Lipinski definition) is 1. The van der Waals surface area contributed by atoms with E-state index in [4.69, 9.17) is 9.47 Å². The molecule has 1 aromatic rings. The van der Waals surface area contributed by atoms with Crippen molar-refractivity contribution < 1.29 is 9.47 Å². The van der Waals surface area contributed by atoms with E-state index < -0.39 is 0 Å². The molecule has 0 saturated carbocycles. The van der Waals surface area contributed by atoms with Crippen molar-refractivity contribution in [3.8, 4) is 5.75 Å². The highest BCUT2D eigenvalue weighted by molar-refractivity contribution is 5.59. The van der Waals surface area contributed by atoms with Crippen LogP contribution in [0.25, 0.3) is 0 Å². The first-order valence-electron chi connectivity index (χ1n) is 7.88. The van der Waals surface area contributed by atoms with Crippen LogP contribution in [-0.2, 0) is 11.3 Å². The van der Waals surface area contributed by atoms with E-state index in [1.54, 1.807) is 14.2 Å². The zero-order valence-corrected chi connectivity index (χ0v) is 13.9. The predicted octanol–water partition coefficient (Wildman–Crippen LogP) is 3.06. The third-order valence-electron chi connectivity index (χ3n) is 3.56. The summed E-state index contributed by atoms with van der Waals surface area (Å²) < 4.78 is 10.6. The molecule has 0 spiro atoms. The monoisotopic (exact) mass is 294 g/mol. The van der Waals surface area contributed by atoms with Crippen molar-refractivity contribution in [2.45, 2.75) is 33.2 Å². The molecular weight excluding hydrogens is 264 g/mol. The van der Waals surface area contributed by atoms with E-state index in [0.29, 0.717) is 0 Å². The normalized spacial score (nSPS) is 10.7. The van der Waals surface area contributed by atoms with Gasteiger partial charge in [0.15, 0.2) is 0 Å². The molecule has 0 radical (unpaired) electrons. The molecule has 1 N–H and O–H groups in total. The number of hydrogen-bond acceptors (Lipinski definition) is 4. The molecule has 0 aromatic heterocycles. The highest BCUT2D eigenvalue weighted by Crippen LogP contribution is 2.29. The molecule has 0 fully saturated rings. The third kappa shape index (κ3) is 5.94. The molecule has 4 nitrogen and oxygen atoms in total. The van der Waals surface area contributed by atoms with E-state index in [9.17, 15) is 0 Å². The average Bonchev–Trinajstić information content (AvgIpc) is 2.53. The second-order valence-corrected chi connectivity index (χ2v) is 5.11. The van der Waals surface area contributed by atoms with Crippen LogP contribution >= 0.6 is 0 Å². The van der Waals surface area contributed by atoms with Gasteiger partial charge in [0.1, 0.15) is 5.75 Å². The number of nitrogens with one attached hydrogen (secondary N) is 1. The molecule has 4 heteroatoms. The average molecular weight is 294 g/mol. The van der Waals surface area contributed by atoms with Crippen molar-refractivity contribution in [2.24, 2.45) is 0 Å². The Morgan fingerprint density at radius 2 is 2.00 bits per heavy atom. The first kappa shape index (κ1) is 17.8. The van der Waals surface area contributed by atoms with Crippen LogP contribution < -0.4 is 15.0 Å². The fourth-order valence-electron chi connectivity index (χ4n) is 2.30. The predicted molar refractivity (Wildman–Crippen MR) is 89.4 cm³/mol. The Hall–Kier alpha value is -1.26. The fourth-order valence-corrected chi connectivity index (χ4v) is 2.30. The molecule has 0 amide bonds. The van der Waals surface area contributed by atoms with Crippen molar-refractivity contribution in [3.05, 3.63) is 23.8 Å². The Labute approximate surface area is 129 Å². The van der Waals surface area contributed by atoms with E-state index >= 15 is 0 Å². The van der Waals surface area contributed by atoms with Gasteiger partial charge in [0.2, 0.25) is 0 Å². The minimum atomic E-state index is 0.732. The molecule has 0 aliphatic rings. The maximum absolute atomic E-state index is 5.58. The number of rotatable bonds is 11. The van der Waals surface area contributed by atoms with Crippen molar-refractivity contribution in [1.29, 1.82) is 0 Å². The summed E-state index contributed by atoms with van der Waals surface area (Å²) in [5, 5.41) is 3.36. The van der Waals surface area contributed by atoms with Crippen molar-refractivity contribution in [3.63, 3.8) is 0 Å². The molecule has 0 aliphatic carbocycles. The highest BCUT2D eigenvalue weighted by Gasteiger charge is 2.10. The van der Waals surface area contributed by atoms with Crippen LogP contribution in [0.5, 0.6) is 5.75 Å². The summed E-state index contributed by atoms with van der Waals surface area (Å²) in [6.45, 7) is 8.92. The first-order valence-corrected chi connectivity index (χ1v) is 7.88. The number of benzene rings is 1. The smallest absolute Gasteiger partial charge is 0.142 e. The van der Waals surface area contributed by atoms with Crippen LogP contribution in [0.15, 0.2) is 18.2 Å². The van der Waals surface area contributed by atoms with E-state index in [1.807, 2.05) is 0 Å². The summed E-state index contributed by atoms with van der Waals surface area (Å²) in [5.74, 6) is 0.957. The minimum Gasteiger partial charge on any atom is -0.495 e. The summed E-state index contributed by atoms with van der Waals surface area (Å²) in [5.41, 5.74) is 2.42. The van der Waals surface area contributed by atoms with Gasteiger partial charge in [-0.05, 0) is 31.0 Å². The van der Waals surface area contributed by atoms with Crippen molar-refractivity contribution in [1.82, 2.24) is 5.32 Å². The Balaban J connectivity index is 2.72. The zero-order valence-electron chi connectivity index (χ0n) is 13.9. The lowest BCUT2D eigenvalue weighted by Crippen LogP contribution is -2.24. The second kappa shape index (κ2) is 10.5. The van der Waals surface area contributed by atoms with E-state index in [0.717, 1.165) is 38.5 Å². The number of anilines is 1. The maximum atomic E-state index is 5.58. The summed E-state index contributed by atoms with van der Waals surface area (Å²) >= 11 is 0. The van der Waals surface area contributed by atoms with Gasteiger partial charge in [0, 0.05) is 33.3 Å². The third-order valence-corrected chi connectivity index (χ3v) is 3.56. The number of nitrogens with zero attached hydrogens (tertiary/aromatic N) is 1. The van der Waals surface area contributed by atoms with Crippen LogP contribution in [0.2, 0.25) is 0 Å². The van der Waals surface area contributed by atoms with Gasteiger partial charge in [0.05, 0.1) is 19.4 Å². The molecule has 0 aliphatic heterocycles. The molecule has 120 valence electrons. The number of methoxy groups -OCH3 is 2. The SMILES string of the molecule is CCCCN(CC)c1ccc(CNCCOC)cc1OC. The summed E-state index contributed by atoms with van der Waals surface area (Å²) in [7, 11) is 3.46. The van der Waals surface area contributed by atoms with Gasteiger partial charge in [0.25, 0.3) is 0 Å². The highest BCUT2D eigenvalue weighted by atomic mass is 16.5. The van der Waals surface area contributed by atoms with Crippen LogP contribution in [0.3, 0.4) is 0 Å². The van der Waals surface area contributed by atoms with Gasteiger partial charge in [-0.1, -0.05) is 19.4 Å². The number of ether oxygens (including phenoxy) is 2. The largest absolute Gasteiger partial charge is 0.495 e. The van der Waals surface area contributed by atoms with Gasteiger partial charge in [-0.2, -0.15) is 0 Å². The summed E-state index contributed by atoms with van der Waals surface area (Å²) in [6, 6.07) is 6.47. The fraction of sp³-hybridized carbons (Fsp3) is 0.647. The Kier molecular flexibility index (Phi) is 8.87. The van der Waals surface area contributed by atoms with Gasteiger partial charge >= 0.3 is 0 Å². The summed E-state index contributed by atoms with van der Waals surface area (Å²) in [4.78, 5) is 2.38. The lowest BCUT2D eigenvalue weighted by molar-refractivity contribution is 0.199. The van der Waals surface area contributed by atoms with Crippen LogP contribution in [0, 0.1) is 0 Å². The van der Waals surface area contributed by atoms with Gasteiger partial charge in [-0.25, -0.2) is 0 Å². The van der Waals surface area contributed by atoms with E-state index in [-0.39, 0.29) is 0 Å². The molecule has 0 saturated heterocycles. The van der Waals surface area contributed by atoms with Gasteiger partial charge in [-0.3, -0.25) is 0 Å². The Morgan fingerprint density at radius 3 is 2.62 bits per heavy atom. The molecular formula is C17H30N2O2. The molecule has 1 aromatic carbocycles. The molecule has 1 rings (SSSR count). The van der Waals surface area contributed by atoms with Crippen molar-refractivity contribution in [2.75, 3.05) is 45.4 Å². The van der Waals surface area contributed by atoms with E-state index in [2.05, 4.69) is 42.3 Å². The summed E-state index contributed by atoms with van der Waals surface area (Å²) in [6.07, 6.45) is 2.41. The van der Waals surface area contributed by atoms with Crippen LogP contribution in [-0.4, -0.2) is 40.5 Å². The molecule has 0 bridgehead atoms. The molecule has 0 heterocycles. The standard InChI is InChI=1S/C17H30N2O2/c1-5-7-11-19(6-2)16-9-8-15(13-17(16)21-4)14-18-10-12-20-3/h8-9,13,18H,5-7,10-12,14H2,1-4H3. The minimum absolute atomic E-state index is 0.732. The van der Waals surface area contributed by atoms with Gasteiger partial charge < -0.3 is 19.7 Å². The number of unbranched alkanes of at least 4 members (excludes halogenated alkanes) is 1. The quantitative estimate of drug-likeness (QED) is 0.636. The van der Waals surface area contributed by atoms with Crippen LogP contribution in [0.4, 0.5) is 5.69 Å². The topological polar surface area (TPSA) is 33.7 Å². The van der Waals surface area contributed by atoms with Crippen molar-refractivity contribution >= 4 is 5.69 Å². The van der Waals surface area contributed by atoms with Crippen LogP contribution in [0.1, 0.15) is 32.3 Å². The lowest BCUT2D eigenvalue weighted by atomic mass is 10.1. The maximum Gasteiger partial charge on any atom is 0.142 e. The molecule has 21 heavy (non-hydrogen) atoms. The molecule has 0 atom stereocenters. The first-order chi connectivity index (χ1) is 10.3. The van der Waals surface area contributed by atoms with E-state index in [1.165, 1.54) is 24.1 Å². The second-order valence-electron chi connectivity index (χ2n) is 5.11.